The van der Waals surface area contributed by atoms with Crippen LogP contribution in [0.25, 0.3) is 0 Å². The molecule has 1 amide bonds. The molecule has 1 N–H and O–H groups in total. The van der Waals surface area contributed by atoms with Gasteiger partial charge in [-0.25, -0.2) is 9.59 Å². The number of rotatable bonds is 7. The quantitative estimate of drug-likeness (QED) is 0.779. The van der Waals surface area contributed by atoms with Gasteiger partial charge in [-0.05, 0) is 18.9 Å². The van der Waals surface area contributed by atoms with E-state index < -0.39 is 18.1 Å². The smallest absolute Gasteiger partial charge is 0.408 e. The molecule has 1 atom stereocenters. The predicted octanol–water partition coefficient (Wildman–Crippen LogP) is 2.64. The lowest BCUT2D eigenvalue weighted by molar-refractivity contribution is -0.145. The van der Waals surface area contributed by atoms with E-state index in [0.717, 1.165) is 12.0 Å². The summed E-state index contributed by atoms with van der Waals surface area (Å²) in [4.78, 5) is 23.3. The fourth-order valence-corrected chi connectivity index (χ4v) is 1.69. The molecule has 0 radical (unpaired) electrons. The van der Waals surface area contributed by atoms with Gasteiger partial charge in [-0.2, -0.15) is 0 Å². The van der Waals surface area contributed by atoms with Crippen molar-refractivity contribution in [2.45, 2.75) is 39.3 Å². The number of amides is 1. The molecule has 0 aliphatic heterocycles. The predicted molar refractivity (Wildman–Crippen MR) is 75.1 cm³/mol. The number of ether oxygens (including phenoxy) is 2. The van der Waals surface area contributed by atoms with E-state index in [2.05, 4.69) is 5.32 Å². The summed E-state index contributed by atoms with van der Waals surface area (Å²) in [7, 11) is 0. The molecular weight excluding hydrogens is 258 g/mol. The summed E-state index contributed by atoms with van der Waals surface area (Å²) in [5.41, 5.74) is 0.894. The topological polar surface area (TPSA) is 64.6 Å². The highest BCUT2D eigenvalue weighted by Crippen LogP contribution is 2.03. The van der Waals surface area contributed by atoms with Crippen molar-refractivity contribution in [1.82, 2.24) is 5.32 Å². The highest BCUT2D eigenvalue weighted by molar-refractivity contribution is 5.81. The first-order chi connectivity index (χ1) is 9.67. The normalized spacial score (nSPS) is 11.5. The van der Waals surface area contributed by atoms with Crippen LogP contribution < -0.4 is 5.32 Å². The van der Waals surface area contributed by atoms with Crippen LogP contribution in [0.2, 0.25) is 0 Å². The molecule has 0 aromatic heterocycles. The number of carbonyl (C=O) groups excluding carboxylic acids is 2. The van der Waals surface area contributed by atoms with E-state index in [9.17, 15) is 9.59 Å². The van der Waals surface area contributed by atoms with Gasteiger partial charge in [0.25, 0.3) is 0 Å². The van der Waals surface area contributed by atoms with Gasteiger partial charge in [-0.1, -0.05) is 43.7 Å². The minimum Gasteiger partial charge on any atom is -0.464 e. The minimum absolute atomic E-state index is 0.175. The van der Waals surface area contributed by atoms with Gasteiger partial charge in [-0.15, -0.1) is 0 Å². The molecule has 0 bridgehead atoms. The van der Waals surface area contributed by atoms with Crippen LogP contribution in [0.1, 0.15) is 32.3 Å². The zero-order chi connectivity index (χ0) is 14.8. The van der Waals surface area contributed by atoms with E-state index in [1.165, 1.54) is 0 Å². The van der Waals surface area contributed by atoms with Crippen LogP contribution in [-0.2, 0) is 20.9 Å². The number of alkyl carbamates (subject to hydrolysis) is 1. The summed E-state index contributed by atoms with van der Waals surface area (Å²) < 4.78 is 9.99. The first-order valence-electron chi connectivity index (χ1n) is 6.81. The highest BCUT2D eigenvalue weighted by atomic mass is 16.6. The zero-order valence-electron chi connectivity index (χ0n) is 11.9. The Balaban J connectivity index is 2.43. The summed E-state index contributed by atoms with van der Waals surface area (Å²) in [6.45, 7) is 4.13. The molecule has 0 aliphatic rings. The molecule has 110 valence electrons. The van der Waals surface area contributed by atoms with Crippen LogP contribution in [0.3, 0.4) is 0 Å². The van der Waals surface area contributed by atoms with E-state index in [-0.39, 0.29) is 6.61 Å². The maximum absolute atomic E-state index is 11.7. The molecule has 0 saturated heterocycles. The van der Waals surface area contributed by atoms with E-state index >= 15 is 0 Å². The Bertz CT molecular complexity index is 419. The van der Waals surface area contributed by atoms with Gasteiger partial charge in [0.2, 0.25) is 0 Å². The van der Waals surface area contributed by atoms with E-state index in [4.69, 9.17) is 9.47 Å². The summed E-state index contributed by atoms with van der Waals surface area (Å²) in [5, 5.41) is 2.54. The van der Waals surface area contributed by atoms with Crippen LogP contribution in [-0.4, -0.2) is 24.7 Å². The molecule has 1 aromatic carbocycles. The van der Waals surface area contributed by atoms with Crippen molar-refractivity contribution in [3.8, 4) is 0 Å². The Morgan fingerprint density at radius 2 is 1.85 bits per heavy atom. The standard InChI is InChI=1S/C15H21NO4/c1-3-8-13(14(17)19-4-2)16-15(18)20-11-12-9-6-5-7-10-12/h5-7,9-10,13H,3-4,8,11H2,1-2H3,(H,16,18)/t13-/m0/s1. The first kappa shape index (κ1) is 16.0. The monoisotopic (exact) mass is 279 g/mol. The van der Waals surface area contributed by atoms with Crippen LogP contribution in [0.15, 0.2) is 30.3 Å². The number of esters is 1. The molecule has 20 heavy (non-hydrogen) atoms. The molecule has 0 aliphatic carbocycles. The van der Waals surface area contributed by atoms with E-state index in [1.54, 1.807) is 6.92 Å². The minimum atomic E-state index is -0.650. The second-order valence-electron chi connectivity index (χ2n) is 4.30. The van der Waals surface area contributed by atoms with Crippen molar-refractivity contribution in [2.24, 2.45) is 0 Å². The maximum Gasteiger partial charge on any atom is 0.408 e. The van der Waals surface area contributed by atoms with Crippen molar-refractivity contribution < 1.29 is 19.1 Å². The summed E-state index contributed by atoms with van der Waals surface area (Å²) in [5.74, 6) is -0.425. The molecule has 0 unspecified atom stereocenters. The number of carbonyl (C=O) groups is 2. The van der Waals surface area contributed by atoms with Crippen LogP contribution in [0, 0.1) is 0 Å². The molecule has 0 fully saturated rings. The van der Waals surface area contributed by atoms with Crippen molar-refractivity contribution in [3.05, 3.63) is 35.9 Å². The number of benzene rings is 1. The fraction of sp³-hybridized carbons (Fsp3) is 0.467. The third kappa shape index (κ3) is 5.73. The van der Waals surface area contributed by atoms with E-state index in [1.807, 2.05) is 37.3 Å². The molecule has 0 heterocycles. The second-order valence-corrected chi connectivity index (χ2v) is 4.30. The second kappa shape index (κ2) is 8.96. The van der Waals surface area contributed by atoms with Crippen LogP contribution >= 0.6 is 0 Å². The van der Waals surface area contributed by atoms with Gasteiger partial charge in [0.1, 0.15) is 12.6 Å². The lowest BCUT2D eigenvalue weighted by Crippen LogP contribution is -2.42. The average molecular weight is 279 g/mol. The molecule has 5 heteroatoms. The third-order valence-electron chi connectivity index (χ3n) is 2.65. The SMILES string of the molecule is CCC[C@H](NC(=O)OCc1ccccc1)C(=O)OCC. The highest BCUT2D eigenvalue weighted by Gasteiger charge is 2.21. The maximum atomic E-state index is 11.7. The van der Waals surface area contributed by atoms with Gasteiger partial charge < -0.3 is 14.8 Å². The summed E-state index contributed by atoms with van der Waals surface area (Å²) >= 11 is 0. The zero-order valence-corrected chi connectivity index (χ0v) is 11.9. The van der Waals surface area contributed by atoms with Crippen molar-refractivity contribution in [3.63, 3.8) is 0 Å². The molecule has 1 rings (SSSR count). The Morgan fingerprint density at radius 1 is 1.15 bits per heavy atom. The Labute approximate surface area is 119 Å². The van der Waals surface area contributed by atoms with Gasteiger partial charge in [0.15, 0.2) is 0 Å². The lowest BCUT2D eigenvalue weighted by Gasteiger charge is -2.16. The lowest BCUT2D eigenvalue weighted by atomic mass is 10.2. The van der Waals surface area contributed by atoms with Gasteiger partial charge in [0.05, 0.1) is 6.61 Å². The molecular formula is C15H21NO4. The Hall–Kier alpha value is -2.04. The van der Waals surface area contributed by atoms with Gasteiger partial charge in [-0.3, -0.25) is 0 Å². The van der Waals surface area contributed by atoms with Gasteiger partial charge in [0, 0.05) is 0 Å². The first-order valence-corrected chi connectivity index (χ1v) is 6.81. The molecule has 1 aromatic rings. The number of hydrogen-bond donors (Lipinski definition) is 1. The van der Waals surface area contributed by atoms with Crippen molar-refractivity contribution >= 4 is 12.1 Å². The summed E-state index contributed by atoms with van der Waals surface area (Å²) in [6, 6.07) is 8.71. The summed E-state index contributed by atoms with van der Waals surface area (Å²) in [6.07, 6.45) is 0.683. The molecule has 5 nitrogen and oxygen atoms in total. The largest absolute Gasteiger partial charge is 0.464 e. The Kier molecular flexibility index (Phi) is 7.17. The molecule has 0 saturated carbocycles. The van der Waals surface area contributed by atoms with E-state index in [0.29, 0.717) is 13.0 Å². The number of nitrogens with one attached hydrogen (secondary N) is 1. The Morgan fingerprint density at radius 3 is 2.45 bits per heavy atom. The van der Waals surface area contributed by atoms with Crippen molar-refractivity contribution in [1.29, 1.82) is 0 Å². The molecule has 0 spiro atoms. The van der Waals surface area contributed by atoms with Gasteiger partial charge >= 0.3 is 12.1 Å². The third-order valence-corrected chi connectivity index (χ3v) is 2.65. The fourth-order valence-electron chi connectivity index (χ4n) is 1.69. The average Bonchev–Trinajstić information content (AvgIpc) is 2.46. The van der Waals surface area contributed by atoms with Crippen LogP contribution in [0.5, 0.6) is 0 Å². The van der Waals surface area contributed by atoms with Crippen molar-refractivity contribution in [2.75, 3.05) is 6.61 Å². The number of hydrogen-bond acceptors (Lipinski definition) is 4. The van der Waals surface area contributed by atoms with Crippen LogP contribution in [0.4, 0.5) is 4.79 Å².